The lowest BCUT2D eigenvalue weighted by atomic mass is 9.86. The minimum absolute atomic E-state index is 0.0705. The van der Waals surface area contributed by atoms with Crippen LogP contribution in [0.4, 0.5) is 0 Å². The highest BCUT2D eigenvalue weighted by molar-refractivity contribution is 6.00. The quantitative estimate of drug-likeness (QED) is 0.613. The summed E-state index contributed by atoms with van der Waals surface area (Å²) in [5.74, 6) is 1.64. The number of rotatable bonds is 6. The second-order valence-electron chi connectivity index (χ2n) is 11.2. The number of nitrogens with one attached hydrogen (secondary N) is 1. The lowest BCUT2D eigenvalue weighted by Gasteiger charge is -2.43. The monoisotopic (exact) mass is 506 g/mol. The molecule has 0 radical (unpaired) electrons. The number of ether oxygens (including phenoxy) is 2. The molecule has 8 nitrogen and oxygen atoms in total. The second kappa shape index (κ2) is 9.97. The van der Waals surface area contributed by atoms with E-state index in [-0.39, 0.29) is 36.2 Å². The van der Waals surface area contributed by atoms with Crippen molar-refractivity contribution in [2.24, 2.45) is 34.4 Å². The van der Waals surface area contributed by atoms with E-state index in [0.717, 1.165) is 18.4 Å². The molecule has 198 valence electrons. The van der Waals surface area contributed by atoms with Gasteiger partial charge in [-0.05, 0) is 49.8 Å². The minimum Gasteiger partial charge on any atom is -0.493 e. The van der Waals surface area contributed by atoms with Gasteiger partial charge in [0.25, 0.3) is 5.91 Å². The van der Waals surface area contributed by atoms with Gasteiger partial charge in [-0.2, -0.15) is 0 Å². The number of methoxy groups -OCH3 is 1. The number of guanidine groups is 1. The molecule has 1 fully saturated rings. The Morgan fingerprint density at radius 3 is 2.84 bits per heavy atom. The number of nitrogens with zero attached hydrogens (tertiary/aromatic N) is 2. The number of hydrogen-bond acceptors (Lipinski definition) is 6. The minimum atomic E-state index is -0.511. The topological polar surface area (TPSA) is 106 Å². The number of carbonyl (C=O) groups is 2. The molecule has 5 rings (SSSR count). The van der Waals surface area contributed by atoms with Crippen LogP contribution in [0.1, 0.15) is 62.0 Å². The highest BCUT2D eigenvalue weighted by Gasteiger charge is 2.45. The van der Waals surface area contributed by atoms with Crippen molar-refractivity contribution in [1.29, 1.82) is 0 Å². The van der Waals surface area contributed by atoms with Crippen molar-refractivity contribution < 1.29 is 19.1 Å². The van der Waals surface area contributed by atoms with Gasteiger partial charge in [-0.3, -0.25) is 14.5 Å². The Morgan fingerprint density at radius 1 is 1.32 bits per heavy atom. The van der Waals surface area contributed by atoms with Crippen molar-refractivity contribution >= 4 is 17.8 Å². The number of allylic oxidation sites excluding steroid dienone is 3. The first-order valence-electron chi connectivity index (χ1n) is 13.3. The SMILES string of the molecule is CC[C@]1(C)CC(=O)N([C@H]2c3cc(C(=O)N[C@@H]4C5C=CC=CC5C[C@@H]4C)ccc3OC[C@@H]2COC)C(N)=N1. The summed E-state index contributed by atoms with van der Waals surface area (Å²) < 4.78 is 11.5. The molecule has 4 aliphatic rings. The molecule has 1 aromatic carbocycles. The molecule has 3 N–H and O–H groups in total. The van der Waals surface area contributed by atoms with Crippen LogP contribution in [0.5, 0.6) is 5.75 Å². The van der Waals surface area contributed by atoms with Crippen LogP contribution < -0.4 is 15.8 Å². The Kier molecular flexibility index (Phi) is 6.88. The fraction of sp³-hybridized carbons (Fsp3) is 0.552. The van der Waals surface area contributed by atoms with Crippen molar-refractivity contribution in [2.45, 2.75) is 57.7 Å². The van der Waals surface area contributed by atoms with Crippen molar-refractivity contribution in [1.82, 2.24) is 10.2 Å². The maximum Gasteiger partial charge on any atom is 0.251 e. The van der Waals surface area contributed by atoms with Crippen molar-refractivity contribution in [3.05, 3.63) is 53.6 Å². The zero-order chi connectivity index (χ0) is 26.3. The highest BCUT2D eigenvalue weighted by atomic mass is 16.5. The van der Waals surface area contributed by atoms with Gasteiger partial charge in [-0.25, -0.2) is 4.99 Å². The standard InChI is InChI=1S/C29H38N4O4/c1-5-29(3)14-24(34)33(28(30)32-29)26-20(15-36-4)16-37-23-11-10-19(13-22(23)26)27(35)31-25-17(2)12-18-8-6-7-9-21(18)25/h6-11,13,17-18,20-21,25-26H,5,12,14-16H2,1-4H3,(H2,30,32)(H,31,35)/t17-,18?,20-,21?,25-,26+,29+/m0/s1. The van der Waals surface area contributed by atoms with Crippen molar-refractivity contribution in [3.63, 3.8) is 0 Å². The molecule has 0 saturated heterocycles. The van der Waals surface area contributed by atoms with E-state index in [1.54, 1.807) is 18.1 Å². The number of aliphatic imine (C=N–C) groups is 1. The van der Waals surface area contributed by atoms with Crippen molar-refractivity contribution in [3.8, 4) is 5.75 Å². The molecule has 0 aromatic heterocycles. The van der Waals surface area contributed by atoms with Crippen LogP contribution in [-0.4, -0.2) is 54.6 Å². The summed E-state index contributed by atoms with van der Waals surface area (Å²) in [5.41, 5.74) is 7.21. The molecular formula is C29H38N4O4. The fourth-order valence-electron chi connectivity index (χ4n) is 6.43. The molecule has 0 spiro atoms. The molecule has 2 unspecified atom stereocenters. The van der Waals surface area contributed by atoms with Gasteiger partial charge in [0.2, 0.25) is 5.91 Å². The summed E-state index contributed by atoms with van der Waals surface area (Å²) in [7, 11) is 1.63. The fourth-order valence-corrected chi connectivity index (χ4v) is 6.43. The molecule has 7 atom stereocenters. The van der Waals surface area contributed by atoms with Gasteiger partial charge in [0.15, 0.2) is 5.96 Å². The second-order valence-corrected chi connectivity index (χ2v) is 11.2. The normalized spacial score (nSPS) is 34.4. The molecule has 0 bridgehead atoms. The van der Waals surface area contributed by atoms with Crippen LogP contribution in [0.2, 0.25) is 0 Å². The van der Waals surface area contributed by atoms with E-state index in [1.807, 2.05) is 26.0 Å². The van der Waals surface area contributed by atoms with E-state index >= 15 is 0 Å². The smallest absolute Gasteiger partial charge is 0.251 e. The summed E-state index contributed by atoms with van der Waals surface area (Å²) in [6.07, 6.45) is 10.7. The maximum absolute atomic E-state index is 13.5. The first-order chi connectivity index (χ1) is 17.7. The molecule has 1 aromatic rings. The van der Waals surface area contributed by atoms with E-state index in [2.05, 4.69) is 36.5 Å². The van der Waals surface area contributed by atoms with E-state index in [0.29, 0.717) is 42.3 Å². The Labute approximate surface area is 219 Å². The van der Waals surface area contributed by atoms with Crippen LogP contribution in [-0.2, 0) is 9.53 Å². The molecular weight excluding hydrogens is 468 g/mol. The van der Waals surface area contributed by atoms with Crippen molar-refractivity contribution in [2.75, 3.05) is 20.3 Å². The number of benzene rings is 1. The largest absolute Gasteiger partial charge is 0.493 e. The maximum atomic E-state index is 13.5. The Bertz CT molecular complexity index is 1160. The van der Waals surface area contributed by atoms with Crippen LogP contribution in [0.3, 0.4) is 0 Å². The Balaban J connectivity index is 1.46. The predicted molar refractivity (Wildman–Crippen MR) is 142 cm³/mol. The van der Waals surface area contributed by atoms with Gasteiger partial charge in [-0.15, -0.1) is 0 Å². The Hall–Kier alpha value is -3.13. The third-order valence-electron chi connectivity index (χ3n) is 8.61. The molecule has 37 heavy (non-hydrogen) atoms. The third-order valence-corrected chi connectivity index (χ3v) is 8.61. The van der Waals surface area contributed by atoms with Gasteiger partial charge in [0.1, 0.15) is 5.75 Å². The number of nitrogens with two attached hydrogens (primary N) is 1. The third kappa shape index (κ3) is 4.67. The van der Waals surface area contributed by atoms with Gasteiger partial charge >= 0.3 is 0 Å². The first-order valence-corrected chi connectivity index (χ1v) is 13.3. The lowest BCUT2D eigenvalue weighted by molar-refractivity contribution is -0.133. The zero-order valence-electron chi connectivity index (χ0n) is 22.1. The number of carbonyl (C=O) groups excluding carboxylic acids is 2. The van der Waals surface area contributed by atoms with Crippen LogP contribution in [0, 0.1) is 23.7 Å². The molecule has 2 amide bonds. The first kappa shape index (κ1) is 25.5. The average molecular weight is 507 g/mol. The summed E-state index contributed by atoms with van der Waals surface area (Å²) in [4.78, 5) is 33.2. The van der Waals surface area contributed by atoms with E-state index in [4.69, 9.17) is 20.2 Å². The lowest BCUT2D eigenvalue weighted by Crippen LogP contribution is -2.55. The van der Waals surface area contributed by atoms with Gasteiger partial charge < -0.3 is 20.5 Å². The molecule has 2 aliphatic carbocycles. The molecule has 8 heteroatoms. The number of amides is 2. The van der Waals surface area contributed by atoms with E-state index in [9.17, 15) is 9.59 Å². The highest BCUT2D eigenvalue weighted by Crippen LogP contribution is 2.43. The van der Waals surface area contributed by atoms with Gasteiger partial charge in [0, 0.05) is 36.1 Å². The van der Waals surface area contributed by atoms with Crippen LogP contribution in [0.25, 0.3) is 0 Å². The van der Waals surface area contributed by atoms with E-state index < -0.39 is 11.6 Å². The number of fused-ring (bicyclic) bond motifs is 2. The van der Waals surface area contributed by atoms with Crippen LogP contribution in [0.15, 0.2) is 47.5 Å². The summed E-state index contributed by atoms with van der Waals surface area (Å²) in [6, 6.07) is 5.09. The molecule has 2 heterocycles. The van der Waals surface area contributed by atoms with E-state index in [1.165, 1.54) is 0 Å². The molecule has 1 saturated carbocycles. The molecule has 2 aliphatic heterocycles. The summed E-state index contributed by atoms with van der Waals surface area (Å²) in [5, 5.41) is 3.30. The average Bonchev–Trinajstić information content (AvgIpc) is 3.19. The predicted octanol–water partition coefficient (Wildman–Crippen LogP) is 3.60. The van der Waals surface area contributed by atoms with Gasteiger partial charge in [-0.1, -0.05) is 38.2 Å². The zero-order valence-corrected chi connectivity index (χ0v) is 22.1. The summed E-state index contributed by atoms with van der Waals surface area (Å²) >= 11 is 0. The number of hydrogen-bond donors (Lipinski definition) is 2. The Morgan fingerprint density at radius 2 is 2.11 bits per heavy atom. The van der Waals surface area contributed by atoms with Gasteiger partial charge in [0.05, 0.1) is 31.2 Å². The van der Waals surface area contributed by atoms with Crippen LogP contribution >= 0.6 is 0 Å². The summed E-state index contributed by atoms with van der Waals surface area (Å²) in [6.45, 7) is 6.92.